The fraction of sp³-hybridized carbons (Fsp3) is 1.00. The molecule has 456 valence electrons. The van der Waals surface area contributed by atoms with Gasteiger partial charge in [0.25, 0.3) is 27.9 Å². The predicted octanol–water partition coefficient (Wildman–Crippen LogP) is 17.8. The van der Waals surface area contributed by atoms with Gasteiger partial charge in [-0.2, -0.15) is 0 Å². The second-order valence-corrected chi connectivity index (χ2v) is 68.3. The molecule has 0 heterocycles. The molecule has 70 heavy (non-hydrogen) atoms. The Bertz CT molecular complexity index is 991. The van der Waals surface area contributed by atoms with Crippen LogP contribution in [0.2, 0.25) is 196 Å². The summed E-state index contributed by atoms with van der Waals surface area (Å²) < 4.78 is 65.5. The van der Waals surface area contributed by atoms with Crippen LogP contribution in [0.1, 0.15) is 104 Å². The first-order chi connectivity index (χ1) is 24.4. The lowest BCUT2D eigenvalue weighted by Crippen LogP contribution is -2.49. The molecule has 0 saturated heterocycles. The van der Waals surface area contributed by atoms with E-state index in [1.807, 2.05) is 0 Å². The van der Waals surface area contributed by atoms with Crippen molar-refractivity contribution in [3.8, 4) is 0 Å². The molecule has 0 amide bonds. The van der Waals surface area contributed by atoms with Crippen molar-refractivity contribution in [2.24, 2.45) is 0 Å². The van der Waals surface area contributed by atoms with Gasteiger partial charge in [-0.25, -0.2) is 0 Å². The molecule has 0 aromatic rings. The van der Waals surface area contributed by atoms with E-state index in [1.54, 1.807) is 0 Å². The van der Waals surface area contributed by atoms with Crippen LogP contribution in [0, 0.1) is 0 Å². The Morgan fingerprint density at radius 2 is 0.386 bits per heavy atom. The summed E-state index contributed by atoms with van der Waals surface area (Å²) in [6.07, 6.45) is 0. The smallest absolute Gasteiger partial charge is 0.312 e. The molecule has 0 spiro atoms. The summed E-state index contributed by atoms with van der Waals surface area (Å²) >= 11 is 0. The minimum absolute atomic E-state index is 0. The molecule has 26 heteroatoms. The highest BCUT2D eigenvalue weighted by molar-refractivity contribution is 6.85. The zero-order valence-corrected chi connectivity index (χ0v) is 58.8. The van der Waals surface area contributed by atoms with Gasteiger partial charge < -0.3 is 45.3 Å². The Balaban J connectivity index is -0.0000000304. The second kappa shape index (κ2) is 56.5. The summed E-state index contributed by atoms with van der Waals surface area (Å²) in [7, 11) is -21.0. The first kappa shape index (κ1) is 125. The number of rotatable bonds is 22. The van der Waals surface area contributed by atoms with E-state index in [4.69, 9.17) is 45.3 Å². The third kappa shape index (κ3) is 103. The molecule has 0 radical (unpaired) electrons. The summed E-state index contributed by atoms with van der Waals surface area (Å²) in [5, 5.41) is 0. The van der Waals surface area contributed by atoms with Gasteiger partial charge >= 0.3 is 34.2 Å². The van der Waals surface area contributed by atoms with E-state index < -0.39 is 132 Å². The van der Waals surface area contributed by atoms with Crippen LogP contribution in [-0.4, -0.2) is 132 Å². The van der Waals surface area contributed by atoms with Crippen molar-refractivity contribution in [3.05, 3.63) is 0 Å². The molecule has 3 atom stereocenters. The fourth-order valence-corrected chi connectivity index (χ4v) is 55.2. The largest absolute Gasteiger partial charge is 0.442 e. The summed E-state index contributed by atoms with van der Waals surface area (Å²) in [6.45, 7) is 65.1. The van der Waals surface area contributed by atoms with Crippen molar-refractivity contribution in [2.75, 3.05) is 0 Å². The van der Waals surface area contributed by atoms with Crippen LogP contribution >= 0.6 is 0 Å². The Labute approximate surface area is 474 Å². The molecule has 0 saturated carbocycles. The van der Waals surface area contributed by atoms with Crippen LogP contribution in [0.5, 0.6) is 0 Å². The molecule has 0 aliphatic heterocycles. The Morgan fingerprint density at radius 3 is 0.557 bits per heavy atom. The molecule has 11 nitrogen and oxygen atoms in total. The Morgan fingerprint density at radius 1 is 0.200 bits per heavy atom. The quantitative estimate of drug-likeness (QED) is 0.0969. The van der Waals surface area contributed by atoms with E-state index in [-0.39, 0.29) is 104 Å². The second-order valence-electron chi connectivity index (χ2n) is 20.2. The SMILES string of the molecule is C.C.C.C.C.C.C.C.C.C.C.C.C.C.C[SiH](C)O[SiH](C)O[Si](C)(C)O[SiH](C)C.C[SiH](C)O[Si](C)(C)O[SiH](C)C.C[SiH](C)O[Si](C)(C)O[SiH](C)O[Si](C)(C)C.C[SiH](O[Si](C)(C)C)O[Si](C)(C)O[Si](C)(C)C. The Hall–Kier alpha value is 2.81. The molecule has 3 unspecified atom stereocenters. The first-order valence-corrected chi connectivity index (χ1v) is 62.5. The molecule has 0 aromatic carbocycles. The highest BCUT2D eigenvalue weighted by Crippen LogP contribution is 2.18. The van der Waals surface area contributed by atoms with Gasteiger partial charge in [-0.3, -0.25) is 0 Å². The van der Waals surface area contributed by atoms with Crippen LogP contribution in [0.3, 0.4) is 0 Å². The van der Waals surface area contributed by atoms with E-state index in [1.165, 1.54) is 0 Å². The van der Waals surface area contributed by atoms with Gasteiger partial charge in [0.2, 0.25) is 0 Å². The van der Waals surface area contributed by atoms with Gasteiger partial charge in [0.05, 0.1) is 0 Å². The van der Waals surface area contributed by atoms with E-state index in [9.17, 15) is 0 Å². The molecule has 0 N–H and O–H groups in total. The van der Waals surface area contributed by atoms with E-state index in [0.29, 0.717) is 0 Å². The fourth-order valence-electron chi connectivity index (χ4n) is 5.77. The monoisotopic (exact) mass is 1280 g/mol. The minimum Gasteiger partial charge on any atom is -0.442 e. The maximum atomic E-state index is 6.14. The zero-order chi connectivity index (χ0) is 45.9. The van der Waals surface area contributed by atoms with Crippen molar-refractivity contribution in [3.63, 3.8) is 0 Å². The van der Waals surface area contributed by atoms with Gasteiger partial charge in [0.1, 0.15) is 0 Å². The van der Waals surface area contributed by atoms with Crippen LogP contribution in [0.4, 0.5) is 0 Å². The molecular formula is C44H154O11Si15. The first-order valence-electron chi connectivity index (χ1n) is 20.8. The molecule has 0 rings (SSSR count). The lowest BCUT2D eigenvalue weighted by atomic mass is 11.8. The van der Waals surface area contributed by atoms with E-state index in [2.05, 4.69) is 196 Å². The normalized spacial score (nSPS) is 12.2. The highest BCUT2D eigenvalue weighted by atomic mass is 28.5. The van der Waals surface area contributed by atoms with Gasteiger partial charge in [-0.05, 0) is 196 Å². The zero-order valence-electron chi connectivity index (χ0n) is 42.6. The van der Waals surface area contributed by atoms with Gasteiger partial charge in [0.15, 0.2) is 70.2 Å². The van der Waals surface area contributed by atoms with Crippen molar-refractivity contribution < 1.29 is 45.3 Å². The average molecular weight is 1280 g/mol. The van der Waals surface area contributed by atoms with Crippen molar-refractivity contribution >= 4 is 132 Å². The molecule has 0 aliphatic rings. The van der Waals surface area contributed by atoms with Gasteiger partial charge in [-0.1, -0.05) is 104 Å². The number of hydrogen-bond donors (Lipinski definition) is 0. The summed E-state index contributed by atoms with van der Waals surface area (Å²) in [6, 6.07) is 0. The van der Waals surface area contributed by atoms with Gasteiger partial charge in [-0.15, -0.1) is 0 Å². The van der Waals surface area contributed by atoms with Gasteiger partial charge in [0, 0.05) is 0 Å². The minimum atomic E-state index is -1.98. The third-order valence-electron chi connectivity index (χ3n) is 5.48. The van der Waals surface area contributed by atoms with Crippen LogP contribution in [-0.2, 0) is 45.3 Å². The predicted molar refractivity (Wildman–Crippen MR) is 380 cm³/mol. The molecule has 0 bridgehead atoms. The average Bonchev–Trinajstić information content (AvgIpc) is 2.75. The van der Waals surface area contributed by atoms with Crippen molar-refractivity contribution in [2.45, 2.75) is 300 Å². The maximum absolute atomic E-state index is 6.14. The summed E-state index contributed by atoms with van der Waals surface area (Å²) in [5.41, 5.74) is 0. The standard InChI is InChI=1S/C9H28O3Si4.C8H26O3Si4.C7H24O3Si4.C6H20O2Si3.14CH4/c1-13(10-14(2,3)4)11-16(8,9)12-15(5,6)7;1-12(2)9-15(7,8)11-13(3)10-14(4,5)6;1-11(2)8-13(5)10-14(6,7)9-12(3)4;1-9(2)7-11(5,6)8-10(3)4;;;;;;;;;;;;;;/h13H,1-9H3;12-13H,1-8H3;11-13H,1-7H3;9-10H,1-6H3;14*1H4. The van der Waals surface area contributed by atoms with E-state index in [0.717, 1.165) is 0 Å². The lowest BCUT2D eigenvalue weighted by Gasteiger charge is -2.34. The van der Waals surface area contributed by atoms with E-state index >= 15 is 0 Å². The Kier molecular flexibility index (Phi) is 101. The third-order valence-corrected chi connectivity index (χ3v) is 49.3. The molecular weight excluding hydrogens is 1130 g/mol. The van der Waals surface area contributed by atoms with Crippen molar-refractivity contribution in [1.82, 2.24) is 0 Å². The van der Waals surface area contributed by atoms with Crippen LogP contribution in [0.25, 0.3) is 0 Å². The lowest BCUT2D eigenvalue weighted by molar-refractivity contribution is 0.351. The summed E-state index contributed by atoms with van der Waals surface area (Å²) in [4.78, 5) is 0. The summed E-state index contributed by atoms with van der Waals surface area (Å²) in [5.74, 6) is 0. The molecule has 0 aromatic heterocycles. The molecule has 0 aliphatic carbocycles. The highest BCUT2D eigenvalue weighted by Gasteiger charge is 2.35. The maximum Gasteiger partial charge on any atom is 0.312 e. The number of hydrogen-bond acceptors (Lipinski definition) is 11. The topological polar surface area (TPSA) is 102 Å². The van der Waals surface area contributed by atoms with Crippen LogP contribution < -0.4 is 0 Å². The van der Waals surface area contributed by atoms with Crippen LogP contribution in [0.15, 0.2) is 0 Å². The molecule has 0 fully saturated rings. The van der Waals surface area contributed by atoms with Crippen molar-refractivity contribution in [1.29, 1.82) is 0 Å².